The molecule has 0 saturated carbocycles. The van der Waals surface area contributed by atoms with Gasteiger partial charge in [0.05, 0.1) is 5.69 Å². The fraction of sp³-hybridized carbons (Fsp3) is 0.538. The number of nitrogens with zero attached hydrogens (tertiary/aromatic N) is 6. The summed E-state index contributed by atoms with van der Waals surface area (Å²) in [7, 11) is 1.87. The number of aryl methyl sites for hydroxylation is 2. The van der Waals surface area contributed by atoms with Crippen LogP contribution < -0.4 is 9.64 Å². The number of anilines is 1. The Bertz CT molecular complexity index is 665. The van der Waals surface area contributed by atoms with E-state index < -0.39 is 0 Å². The van der Waals surface area contributed by atoms with Crippen LogP contribution in [0.4, 0.5) is 5.95 Å². The Morgan fingerprint density at radius 2 is 1.81 bits per heavy atom. The minimum atomic E-state index is 0.140. The minimum Gasteiger partial charge on any atom is -0.420 e. The maximum atomic E-state index is 5.99. The second kappa shape index (κ2) is 5.48. The Kier molecular flexibility index (Phi) is 3.67. The number of halogens is 1. The van der Waals surface area contributed by atoms with Crippen molar-refractivity contribution in [3.8, 4) is 11.8 Å². The van der Waals surface area contributed by atoms with Gasteiger partial charge in [0.15, 0.2) is 5.75 Å². The molecular weight excluding hydrogens is 292 g/mol. The van der Waals surface area contributed by atoms with Crippen LogP contribution in [-0.2, 0) is 7.05 Å². The lowest BCUT2D eigenvalue weighted by Gasteiger charge is -2.15. The molecule has 0 amide bonds. The summed E-state index contributed by atoms with van der Waals surface area (Å²) in [6.45, 7) is 5.68. The molecule has 2 aromatic rings. The van der Waals surface area contributed by atoms with Crippen molar-refractivity contribution in [2.45, 2.75) is 26.7 Å². The zero-order chi connectivity index (χ0) is 15.0. The highest BCUT2D eigenvalue weighted by atomic mass is 35.5. The predicted octanol–water partition coefficient (Wildman–Crippen LogP) is 2.27. The van der Waals surface area contributed by atoms with E-state index in [1.807, 2.05) is 20.9 Å². The molecule has 8 heteroatoms. The van der Waals surface area contributed by atoms with Crippen molar-refractivity contribution in [2.75, 3.05) is 18.0 Å². The molecule has 0 aromatic carbocycles. The summed E-state index contributed by atoms with van der Waals surface area (Å²) in [5, 5.41) is 4.45. The molecule has 7 nitrogen and oxygen atoms in total. The second-order valence-corrected chi connectivity index (χ2v) is 5.44. The molecular formula is C13H17ClN6O. The quantitative estimate of drug-likeness (QED) is 0.866. The van der Waals surface area contributed by atoms with Crippen LogP contribution >= 0.6 is 11.6 Å². The van der Waals surface area contributed by atoms with Gasteiger partial charge in [0.25, 0.3) is 0 Å². The van der Waals surface area contributed by atoms with Crippen LogP contribution in [0, 0.1) is 13.8 Å². The van der Waals surface area contributed by atoms with Crippen LogP contribution in [0.5, 0.6) is 11.8 Å². The fourth-order valence-corrected chi connectivity index (χ4v) is 2.57. The van der Waals surface area contributed by atoms with Gasteiger partial charge in [0, 0.05) is 20.1 Å². The average Bonchev–Trinajstić information content (AvgIpc) is 3.04. The van der Waals surface area contributed by atoms with Crippen molar-refractivity contribution in [2.24, 2.45) is 7.05 Å². The van der Waals surface area contributed by atoms with Gasteiger partial charge in [-0.15, -0.1) is 0 Å². The molecule has 0 aliphatic carbocycles. The predicted molar refractivity (Wildman–Crippen MR) is 79.0 cm³/mol. The summed E-state index contributed by atoms with van der Waals surface area (Å²) in [6.07, 6.45) is 2.28. The Morgan fingerprint density at radius 1 is 1.10 bits per heavy atom. The Morgan fingerprint density at radius 3 is 2.43 bits per heavy atom. The van der Waals surface area contributed by atoms with E-state index in [2.05, 4.69) is 25.0 Å². The van der Waals surface area contributed by atoms with E-state index in [0.29, 0.717) is 11.7 Å². The van der Waals surface area contributed by atoms with Crippen molar-refractivity contribution >= 4 is 17.5 Å². The largest absolute Gasteiger partial charge is 0.420 e. The normalized spacial score (nSPS) is 14.8. The van der Waals surface area contributed by atoms with E-state index in [1.165, 1.54) is 0 Å². The van der Waals surface area contributed by atoms with E-state index in [-0.39, 0.29) is 11.3 Å². The summed E-state index contributed by atoms with van der Waals surface area (Å²) in [4.78, 5) is 14.7. The lowest BCUT2D eigenvalue weighted by atomic mass is 10.3. The molecule has 1 aliphatic heterocycles. The third-order valence-electron chi connectivity index (χ3n) is 3.60. The lowest BCUT2D eigenvalue weighted by Crippen LogP contribution is -2.21. The SMILES string of the molecule is Cc1nn(C)c(C)c1Oc1nc(Cl)nc(N2CCCC2)n1. The summed E-state index contributed by atoms with van der Waals surface area (Å²) in [6, 6.07) is 0.205. The van der Waals surface area contributed by atoms with Gasteiger partial charge >= 0.3 is 6.01 Å². The van der Waals surface area contributed by atoms with Gasteiger partial charge in [-0.25, -0.2) is 0 Å². The van der Waals surface area contributed by atoms with Crippen molar-refractivity contribution in [1.29, 1.82) is 0 Å². The summed E-state index contributed by atoms with van der Waals surface area (Å²) in [5.74, 6) is 1.23. The molecule has 3 rings (SSSR count). The lowest BCUT2D eigenvalue weighted by molar-refractivity contribution is 0.432. The topological polar surface area (TPSA) is 69.0 Å². The van der Waals surface area contributed by atoms with Gasteiger partial charge < -0.3 is 9.64 Å². The third kappa shape index (κ3) is 2.78. The molecule has 1 saturated heterocycles. The van der Waals surface area contributed by atoms with E-state index in [0.717, 1.165) is 37.3 Å². The zero-order valence-corrected chi connectivity index (χ0v) is 13.1. The maximum absolute atomic E-state index is 5.99. The molecule has 1 fully saturated rings. The van der Waals surface area contributed by atoms with E-state index in [1.54, 1.807) is 4.68 Å². The zero-order valence-electron chi connectivity index (χ0n) is 12.3. The second-order valence-electron chi connectivity index (χ2n) is 5.11. The average molecular weight is 309 g/mol. The first-order valence-corrected chi connectivity index (χ1v) is 7.27. The highest BCUT2D eigenvalue weighted by molar-refractivity contribution is 6.28. The minimum absolute atomic E-state index is 0.140. The van der Waals surface area contributed by atoms with Gasteiger partial charge in [-0.1, -0.05) is 0 Å². The van der Waals surface area contributed by atoms with Gasteiger partial charge in [0.2, 0.25) is 11.2 Å². The highest BCUT2D eigenvalue weighted by Crippen LogP contribution is 2.27. The van der Waals surface area contributed by atoms with E-state index >= 15 is 0 Å². The molecule has 0 unspecified atom stereocenters. The molecule has 0 bridgehead atoms. The van der Waals surface area contributed by atoms with Crippen LogP contribution in [0.3, 0.4) is 0 Å². The fourth-order valence-electron chi connectivity index (χ4n) is 2.42. The number of rotatable bonds is 3. The molecule has 2 aromatic heterocycles. The van der Waals surface area contributed by atoms with Crippen molar-refractivity contribution < 1.29 is 4.74 Å². The standard InChI is InChI=1S/C13H17ClN6O/c1-8-10(9(2)19(3)18-8)21-13-16-11(14)15-12(17-13)20-6-4-5-7-20/h4-7H2,1-3H3. The Labute approximate surface area is 127 Å². The van der Waals surface area contributed by atoms with Crippen molar-refractivity contribution in [3.05, 3.63) is 16.7 Å². The number of aromatic nitrogens is 5. The Balaban J connectivity index is 1.91. The molecule has 112 valence electrons. The summed E-state index contributed by atoms with van der Waals surface area (Å²) in [5.41, 5.74) is 1.70. The molecule has 0 radical (unpaired) electrons. The van der Waals surface area contributed by atoms with Crippen LogP contribution in [-0.4, -0.2) is 37.8 Å². The summed E-state index contributed by atoms with van der Waals surface area (Å²) < 4.78 is 7.54. The first-order chi connectivity index (χ1) is 10.0. The molecule has 0 atom stereocenters. The maximum Gasteiger partial charge on any atom is 0.328 e. The first kappa shape index (κ1) is 14.1. The van der Waals surface area contributed by atoms with Crippen LogP contribution in [0.25, 0.3) is 0 Å². The van der Waals surface area contributed by atoms with Gasteiger partial charge in [0.1, 0.15) is 5.69 Å². The Hall–Kier alpha value is -1.89. The summed E-state index contributed by atoms with van der Waals surface area (Å²) >= 11 is 5.99. The van der Waals surface area contributed by atoms with Gasteiger partial charge in [-0.2, -0.15) is 20.1 Å². The number of ether oxygens (including phenoxy) is 1. The smallest absolute Gasteiger partial charge is 0.328 e. The molecule has 1 aliphatic rings. The molecule has 3 heterocycles. The van der Waals surface area contributed by atoms with Crippen LogP contribution in [0.2, 0.25) is 5.28 Å². The van der Waals surface area contributed by atoms with E-state index in [9.17, 15) is 0 Å². The molecule has 0 N–H and O–H groups in total. The monoisotopic (exact) mass is 308 g/mol. The van der Waals surface area contributed by atoms with Gasteiger partial charge in [-0.3, -0.25) is 4.68 Å². The van der Waals surface area contributed by atoms with Crippen LogP contribution in [0.1, 0.15) is 24.2 Å². The van der Waals surface area contributed by atoms with E-state index in [4.69, 9.17) is 16.3 Å². The van der Waals surface area contributed by atoms with Crippen LogP contribution in [0.15, 0.2) is 0 Å². The first-order valence-electron chi connectivity index (χ1n) is 6.89. The van der Waals surface area contributed by atoms with Gasteiger partial charge in [-0.05, 0) is 38.3 Å². The molecule has 0 spiro atoms. The number of hydrogen-bond donors (Lipinski definition) is 0. The highest BCUT2D eigenvalue weighted by Gasteiger charge is 2.19. The van der Waals surface area contributed by atoms with Crippen molar-refractivity contribution in [3.63, 3.8) is 0 Å². The molecule has 21 heavy (non-hydrogen) atoms. The van der Waals surface area contributed by atoms with Crippen molar-refractivity contribution in [1.82, 2.24) is 24.7 Å². The third-order valence-corrected chi connectivity index (χ3v) is 3.77. The number of hydrogen-bond acceptors (Lipinski definition) is 6.